The molecule has 0 radical (unpaired) electrons. The molecule has 2 amide bonds. The molecule has 1 fully saturated rings. The number of carbonyl (C=O) groups is 4. The first-order chi connectivity index (χ1) is 18.1. The van der Waals surface area contributed by atoms with Crippen molar-refractivity contribution in [3.8, 4) is 5.75 Å². The molecule has 0 saturated heterocycles. The van der Waals surface area contributed by atoms with E-state index >= 15 is 0 Å². The number of carbonyl (C=O) groups excluding carboxylic acids is 4. The van der Waals surface area contributed by atoms with Gasteiger partial charge in [0.15, 0.2) is 11.4 Å². The highest BCUT2D eigenvalue weighted by atomic mass is 16.4. The molecule has 13 heteroatoms. The highest BCUT2D eigenvalue weighted by Gasteiger charge is 2.68. The number of amides is 2. The van der Waals surface area contributed by atoms with Crippen molar-refractivity contribution in [3.63, 3.8) is 0 Å². The number of aromatic hydroxyl groups is 1. The Morgan fingerprint density at radius 1 is 1.10 bits per heavy atom. The maximum absolute atomic E-state index is 14.0. The van der Waals surface area contributed by atoms with Crippen LogP contribution in [0.5, 0.6) is 5.75 Å². The average molecular weight is 545 g/mol. The lowest BCUT2D eigenvalue weighted by Crippen LogP contribution is -2.70. The van der Waals surface area contributed by atoms with Gasteiger partial charge in [0, 0.05) is 11.5 Å². The van der Waals surface area contributed by atoms with Crippen LogP contribution in [0, 0.1) is 11.8 Å². The fourth-order valence-electron chi connectivity index (χ4n) is 6.19. The van der Waals surface area contributed by atoms with Gasteiger partial charge in [0.25, 0.3) is 5.91 Å². The number of nitrogens with one attached hydrogen (secondary N) is 1. The van der Waals surface area contributed by atoms with Crippen LogP contribution in [0.15, 0.2) is 29.0 Å². The number of hydrogen-bond donors (Lipinski definition) is 7. The van der Waals surface area contributed by atoms with Crippen LogP contribution < -0.4 is 11.1 Å². The second kappa shape index (κ2) is 9.45. The third-order valence-corrected chi connectivity index (χ3v) is 7.86. The van der Waals surface area contributed by atoms with E-state index in [9.17, 15) is 44.7 Å². The van der Waals surface area contributed by atoms with Crippen LogP contribution in [0.2, 0.25) is 0 Å². The topological polar surface area (TPSA) is 214 Å². The molecule has 4 rings (SSSR count). The van der Waals surface area contributed by atoms with Crippen molar-refractivity contribution in [1.82, 2.24) is 9.80 Å². The van der Waals surface area contributed by atoms with Gasteiger partial charge in [-0.2, -0.15) is 0 Å². The summed E-state index contributed by atoms with van der Waals surface area (Å²) in [6, 6.07) is 1.52. The third-order valence-electron chi connectivity index (χ3n) is 7.86. The minimum atomic E-state index is -2.99. The summed E-state index contributed by atoms with van der Waals surface area (Å²) in [5, 5.41) is 59.1. The molecule has 13 nitrogen and oxygen atoms in total. The van der Waals surface area contributed by atoms with Gasteiger partial charge in [-0.15, -0.1) is 0 Å². The van der Waals surface area contributed by atoms with E-state index in [4.69, 9.17) is 5.73 Å². The number of likely N-dealkylation sites (N-methyl/N-ethyl adjacent to an activating group) is 2. The number of anilines is 1. The van der Waals surface area contributed by atoms with Crippen LogP contribution in [0.3, 0.4) is 0 Å². The van der Waals surface area contributed by atoms with E-state index in [0.717, 1.165) is 0 Å². The van der Waals surface area contributed by atoms with Gasteiger partial charge < -0.3 is 41.5 Å². The molecule has 3 unspecified atom stereocenters. The Labute approximate surface area is 223 Å². The van der Waals surface area contributed by atoms with Crippen molar-refractivity contribution in [2.24, 2.45) is 17.6 Å². The fraction of sp³-hybridized carbons (Fsp3) is 0.462. The summed E-state index contributed by atoms with van der Waals surface area (Å²) in [7, 11) is 6.23. The standard InChI is InChI=1S/C26H32N4O9/c1-9-10-6-7-11(28-12(31)8-29(2)3)19(32)14(10)20(33)15-13(9)21(34)17-18(30(4)5)22(35)16(25(27)38)24(37)26(17,39)23(15)36/h6-7,9,13,17-18,21,32-34,37,39H,8H2,1-5H3,(H2,27,38)(H,28,31)/t9-,13?,17?,18-,21?,26-/m0/s1. The number of nitrogens with two attached hydrogens (primary N) is 1. The Balaban J connectivity index is 1.95. The zero-order valence-corrected chi connectivity index (χ0v) is 22.1. The summed E-state index contributed by atoms with van der Waals surface area (Å²) < 4.78 is 0. The predicted molar refractivity (Wildman–Crippen MR) is 138 cm³/mol. The molecule has 1 aromatic carbocycles. The van der Waals surface area contributed by atoms with E-state index in [1.54, 1.807) is 25.9 Å². The van der Waals surface area contributed by atoms with Crippen LogP contribution in [0.25, 0.3) is 5.76 Å². The smallest absolute Gasteiger partial charge is 0.255 e. The molecule has 3 aliphatic carbocycles. The number of ketones is 2. The lowest BCUT2D eigenvalue weighted by atomic mass is 9.54. The zero-order valence-electron chi connectivity index (χ0n) is 22.1. The first kappa shape index (κ1) is 28.2. The molecule has 0 heterocycles. The predicted octanol–water partition coefficient (Wildman–Crippen LogP) is -1.00. The first-order valence-corrected chi connectivity index (χ1v) is 12.2. The number of benzene rings is 1. The molecule has 0 aliphatic heterocycles. The molecule has 8 N–H and O–H groups in total. The summed E-state index contributed by atoms with van der Waals surface area (Å²) in [6.45, 7) is 1.63. The molecular formula is C26H32N4O9. The molecule has 210 valence electrons. The first-order valence-electron chi connectivity index (χ1n) is 12.2. The number of primary amides is 1. The number of phenols is 1. The molecule has 3 aliphatic rings. The molecule has 6 atom stereocenters. The molecule has 1 aromatic rings. The molecule has 0 spiro atoms. The van der Waals surface area contributed by atoms with E-state index in [0.29, 0.717) is 5.56 Å². The zero-order chi connectivity index (χ0) is 29.3. The van der Waals surface area contributed by atoms with E-state index < -0.39 is 87.3 Å². The van der Waals surface area contributed by atoms with E-state index in [2.05, 4.69) is 5.32 Å². The lowest BCUT2D eigenvalue weighted by molar-refractivity contribution is -0.169. The van der Waals surface area contributed by atoms with Crippen molar-refractivity contribution < 1.29 is 44.7 Å². The van der Waals surface area contributed by atoms with Crippen molar-refractivity contribution in [3.05, 3.63) is 40.2 Å². The monoisotopic (exact) mass is 544 g/mol. The van der Waals surface area contributed by atoms with Crippen molar-refractivity contribution >= 4 is 34.8 Å². The maximum Gasteiger partial charge on any atom is 0.255 e. The molecule has 0 bridgehead atoms. The van der Waals surface area contributed by atoms with Crippen molar-refractivity contribution in [1.29, 1.82) is 0 Å². The van der Waals surface area contributed by atoms with Crippen molar-refractivity contribution in [2.45, 2.75) is 30.6 Å². The number of nitrogens with zero attached hydrogens (tertiary/aromatic N) is 2. The lowest BCUT2D eigenvalue weighted by Gasteiger charge is -2.53. The van der Waals surface area contributed by atoms with Crippen molar-refractivity contribution in [2.75, 3.05) is 40.1 Å². The van der Waals surface area contributed by atoms with Crippen LogP contribution in [0.4, 0.5) is 5.69 Å². The van der Waals surface area contributed by atoms with E-state index in [-0.39, 0.29) is 17.8 Å². The molecular weight excluding hydrogens is 512 g/mol. The second-order valence-corrected chi connectivity index (χ2v) is 10.8. The Hall–Kier alpha value is -3.78. The minimum Gasteiger partial charge on any atom is -0.508 e. The Morgan fingerprint density at radius 2 is 1.72 bits per heavy atom. The Morgan fingerprint density at radius 3 is 2.26 bits per heavy atom. The Bertz CT molecular complexity index is 1370. The summed E-state index contributed by atoms with van der Waals surface area (Å²) in [4.78, 5) is 54.4. The van der Waals surface area contributed by atoms with Gasteiger partial charge in [-0.05, 0) is 45.7 Å². The summed E-state index contributed by atoms with van der Waals surface area (Å²) in [5.41, 5.74) is 0.921. The molecule has 39 heavy (non-hydrogen) atoms. The van der Waals surface area contributed by atoms with Gasteiger partial charge in [-0.1, -0.05) is 13.0 Å². The summed E-state index contributed by atoms with van der Waals surface area (Å²) in [6.07, 6.45) is -1.68. The van der Waals surface area contributed by atoms with Crippen LogP contribution in [-0.4, -0.2) is 111 Å². The number of aliphatic hydroxyl groups is 4. The van der Waals surface area contributed by atoms with Gasteiger partial charge in [0.1, 0.15) is 22.8 Å². The minimum absolute atomic E-state index is 0.000736. The number of rotatable bonds is 5. The molecule has 1 saturated carbocycles. The number of fused-ring (bicyclic) bond motifs is 3. The number of phenolic OH excluding ortho intramolecular Hbond substituents is 1. The average Bonchev–Trinajstić information content (AvgIpc) is 2.82. The van der Waals surface area contributed by atoms with Gasteiger partial charge in [-0.25, -0.2) is 0 Å². The highest BCUT2D eigenvalue weighted by molar-refractivity contribution is 6.24. The van der Waals surface area contributed by atoms with Gasteiger partial charge in [0.05, 0.1) is 35.9 Å². The SMILES string of the molecule is C[C@H]1c2ccc(NC(=O)CN(C)C)c(O)c2C(O)=C2C(=O)[C@]3(O)C(O)=C(C(N)=O)C(=O)[C@@H](N(C)C)C3C(O)C21. The van der Waals surface area contributed by atoms with Gasteiger partial charge >= 0.3 is 0 Å². The summed E-state index contributed by atoms with van der Waals surface area (Å²) in [5.74, 6) is -10.2. The highest BCUT2D eigenvalue weighted by Crippen LogP contribution is 2.56. The Kier molecular flexibility index (Phi) is 6.84. The van der Waals surface area contributed by atoms with E-state index in [1.807, 2.05) is 0 Å². The number of Topliss-reactive ketones (excluding diaryl/α,β-unsaturated/α-hetero) is 2. The molecule has 0 aromatic heterocycles. The van der Waals surface area contributed by atoms with Crippen LogP contribution in [-0.2, 0) is 19.2 Å². The van der Waals surface area contributed by atoms with Gasteiger partial charge in [-0.3, -0.25) is 24.1 Å². The van der Waals surface area contributed by atoms with E-state index in [1.165, 1.54) is 31.1 Å². The quantitative estimate of drug-likeness (QED) is 0.176. The van der Waals surface area contributed by atoms with Crippen LogP contribution >= 0.6 is 0 Å². The van der Waals surface area contributed by atoms with Crippen LogP contribution in [0.1, 0.15) is 24.0 Å². The third kappa shape index (κ3) is 3.92. The largest absolute Gasteiger partial charge is 0.508 e. The summed E-state index contributed by atoms with van der Waals surface area (Å²) >= 11 is 0. The normalized spacial score (nSPS) is 30.3. The fourth-order valence-corrected chi connectivity index (χ4v) is 6.19. The number of hydrogen-bond acceptors (Lipinski definition) is 11. The maximum atomic E-state index is 14.0. The second-order valence-electron chi connectivity index (χ2n) is 10.8. The van der Waals surface area contributed by atoms with Gasteiger partial charge in [0.2, 0.25) is 11.7 Å². The number of aliphatic hydroxyl groups excluding tert-OH is 3.